The van der Waals surface area contributed by atoms with Gasteiger partial charge in [0.2, 0.25) is 5.91 Å². The Morgan fingerprint density at radius 1 is 1.22 bits per heavy atom. The molecule has 1 N–H and O–H groups in total. The van der Waals surface area contributed by atoms with Gasteiger partial charge in [0.15, 0.2) is 0 Å². The summed E-state index contributed by atoms with van der Waals surface area (Å²) in [4.78, 5) is 24.8. The molecule has 0 radical (unpaired) electrons. The first-order valence-corrected chi connectivity index (χ1v) is 8.57. The van der Waals surface area contributed by atoms with Gasteiger partial charge >= 0.3 is 0 Å². The molecule has 2 bridgehead atoms. The second-order valence-corrected chi connectivity index (χ2v) is 6.87. The summed E-state index contributed by atoms with van der Waals surface area (Å²) >= 11 is 0. The molecule has 1 aromatic carbocycles. The van der Waals surface area contributed by atoms with Gasteiger partial charge in [-0.25, -0.2) is 0 Å². The molecule has 124 valence electrons. The second kappa shape index (κ2) is 6.73. The Morgan fingerprint density at radius 3 is 2.52 bits per heavy atom. The fourth-order valence-electron chi connectivity index (χ4n) is 4.13. The molecule has 2 aliphatic rings. The van der Waals surface area contributed by atoms with Crippen LogP contribution in [0.5, 0.6) is 5.75 Å². The van der Waals surface area contributed by atoms with E-state index < -0.39 is 0 Å². The normalized spacial score (nSPS) is 28.1. The van der Waals surface area contributed by atoms with Gasteiger partial charge in [0, 0.05) is 23.3 Å². The van der Waals surface area contributed by atoms with Crippen LogP contribution in [-0.2, 0) is 9.59 Å². The van der Waals surface area contributed by atoms with E-state index in [-0.39, 0.29) is 29.7 Å². The Balaban J connectivity index is 1.66. The van der Waals surface area contributed by atoms with Gasteiger partial charge in [-0.2, -0.15) is 0 Å². The number of fused-ring (bicyclic) bond motifs is 2. The molecule has 0 saturated heterocycles. The van der Waals surface area contributed by atoms with Crippen LogP contribution in [0.4, 0.5) is 0 Å². The number of hydrogen-bond acceptors (Lipinski definition) is 3. The number of para-hydroxylation sites is 1. The van der Waals surface area contributed by atoms with Crippen LogP contribution >= 0.6 is 0 Å². The Morgan fingerprint density at radius 2 is 1.87 bits per heavy atom. The Hall–Kier alpha value is -1.84. The minimum absolute atomic E-state index is 0.0276. The zero-order valence-corrected chi connectivity index (χ0v) is 13.9. The Kier molecular flexibility index (Phi) is 4.69. The largest absolute Gasteiger partial charge is 0.496 e. The van der Waals surface area contributed by atoms with E-state index in [9.17, 15) is 9.59 Å². The van der Waals surface area contributed by atoms with Crippen LogP contribution in [0, 0.1) is 17.8 Å². The Bertz CT molecular complexity index is 582. The third kappa shape index (κ3) is 3.26. The van der Waals surface area contributed by atoms with E-state index in [1.807, 2.05) is 31.2 Å². The summed E-state index contributed by atoms with van der Waals surface area (Å²) in [6.07, 6.45) is 4.50. The van der Waals surface area contributed by atoms with Crippen molar-refractivity contribution in [2.24, 2.45) is 17.8 Å². The zero-order chi connectivity index (χ0) is 16.4. The number of nitrogens with one attached hydrogen (secondary N) is 1. The van der Waals surface area contributed by atoms with Gasteiger partial charge in [0.25, 0.3) is 0 Å². The number of hydrogen-bond donors (Lipinski definition) is 1. The molecular formula is C19H25NO3. The topological polar surface area (TPSA) is 55.4 Å². The first kappa shape index (κ1) is 16.0. The number of carbonyl (C=O) groups excluding carboxylic acids is 2. The molecule has 3 rings (SSSR count). The number of benzene rings is 1. The number of ether oxygens (including phenoxy) is 1. The van der Waals surface area contributed by atoms with Crippen LogP contribution < -0.4 is 10.1 Å². The van der Waals surface area contributed by atoms with Crippen molar-refractivity contribution >= 4 is 11.7 Å². The van der Waals surface area contributed by atoms with Crippen molar-refractivity contribution < 1.29 is 14.3 Å². The van der Waals surface area contributed by atoms with Crippen molar-refractivity contribution in [1.82, 2.24) is 5.32 Å². The smallest absolute Gasteiger partial charge is 0.223 e. The lowest BCUT2D eigenvalue weighted by molar-refractivity contribution is -0.137. The van der Waals surface area contributed by atoms with Gasteiger partial charge in [-0.15, -0.1) is 0 Å². The lowest BCUT2D eigenvalue weighted by Gasteiger charge is -2.37. The molecule has 4 nitrogen and oxygen atoms in total. The maximum Gasteiger partial charge on any atom is 0.223 e. The predicted molar refractivity (Wildman–Crippen MR) is 88.1 cm³/mol. The van der Waals surface area contributed by atoms with Gasteiger partial charge in [-0.1, -0.05) is 24.6 Å². The molecule has 1 aromatic rings. The van der Waals surface area contributed by atoms with Crippen LogP contribution in [-0.4, -0.2) is 18.8 Å². The maximum absolute atomic E-state index is 12.7. The van der Waals surface area contributed by atoms with Crippen molar-refractivity contribution in [2.45, 2.75) is 45.1 Å². The molecule has 23 heavy (non-hydrogen) atoms. The van der Waals surface area contributed by atoms with Crippen molar-refractivity contribution in [3.63, 3.8) is 0 Å². The Labute approximate surface area is 137 Å². The third-order valence-corrected chi connectivity index (χ3v) is 5.38. The summed E-state index contributed by atoms with van der Waals surface area (Å²) in [5.41, 5.74) is 0.982. The van der Waals surface area contributed by atoms with Crippen LogP contribution in [0.3, 0.4) is 0 Å². The van der Waals surface area contributed by atoms with Crippen molar-refractivity contribution in [2.75, 3.05) is 7.11 Å². The lowest BCUT2D eigenvalue weighted by Crippen LogP contribution is -2.43. The van der Waals surface area contributed by atoms with Crippen LogP contribution in [0.15, 0.2) is 24.3 Å². The summed E-state index contributed by atoms with van der Waals surface area (Å²) in [7, 11) is 1.64. The SMILES string of the molecule is COc1ccccc1[C@H](C)NC(=O)C1C[C@@H]2CCC[C@@H](C1)C2=O. The summed E-state index contributed by atoms with van der Waals surface area (Å²) in [6.45, 7) is 1.98. The number of amides is 1. The number of Topliss-reactive ketones (excluding diaryl/α,β-unsaturated/α-hetero) is 1. The van der Waals surface area contributed by atoms with Crippen LogP contribution in [0.2, 0.25) is 0 Å². The number of ketones is 1. The van der Waals surface area contributed by atoms with E-state index in [1.54, 1.807) is 7.11 Å². The number of rotatable bonds is 4. The molecule has 2 saturated carbocycles. The molecule has 4 heteroatoms. The number of carbonyl (C=O) groups is 2. The van der Waals surface area contributed by atoms with Crippen molar-refractivity contribution in [3.05, 3.63) is 29.8 Å². The third-order valence-electron chi connectivity index (χ3n) is 5.38. The van der Waals surface area contributed by atoms with Gasteiger partial charge in [-0.3, -0.25) is 9.59 Å². The quantitative estimate of drug-likeness (QED) is 0.928. The fourth-order valence-corrected chi connectivity index (χ4v) is 4.13. The highest BCUT2D eigenvalue weighted by molar-refractivity contribution is 5.88. The van der Waals surface area contributed by atoms with Crippen molar-refractivity contribution in [3.8, 4) is 5.75 Å². The molecule has 0 spiro atoms. The molecule has 0 heterocycles. The van der Waals surface area contributed by atoms with E-state index in [4.69, 9.17) is 4.74 Å². The fraction of sp³-hybridized carbons (Fsp3) is 0.579. The number of methoxy groups -OCH3 is 1. The van der Waals surface area contributed by atoms with Gasteiger partial charge < -0.3 is 10.1 Å². The van der Waals surface area contributed by atoms with Gasteiger partial charge in [0.05, 0.1) is 13.2 Å². The molecule has 1 amide bonds. The average Bonchev–Trinajstić information content (AvgIpc) is 2.54. The predicted octanol–water partition coefficient (Wildman–Crippen LogP) is 3.27. The van der Waals surface area contributed by atoms with E-state index >= 15 is 0 Å². The van der Waals surface area contributed by atoms with Crippen molar-refractivity contribution in [1.29, 1.82) is 0 Å². The standard InChI is InChI=1S/C19H25NO3/c1-12(16-8-3-4-9-17(16)23-2)20-19(22)15-10-13-6-5-7-14(11-15)18(13)21/h3-4,8-9,12-15H,5-7,10-11H2,1-2H3,(H,20,22)/t12-,13-,14-/m0/s1. The summed E-state index contributed by atoms with van der Waals surface area (Å²) < 4.78 is 5.37. The molecule has 3 atom stereocenters. The highest BCUT2D eigenvalue weighted by atomic mass is 16.5. The highest BCUT2D eigenvalue weighted by Gasteiger charge is 2.41. The van der Waals surface area contributed by atoms with Gasteiger partial charge in [0.1, 0.15) is 11.5 Å². The summed E-state index contributed by atoms with van der Waals surface area (Å²) in [5.74, 6) is 1.46. The first-order valence-electron chi connectivity index (χ1n) is 8.57. The van der Waals surface area contributed by atoms with Crippen LogP contribution in [0.25, 0.3) is 0 Å². The maximum atomic E-state index is 12.7. The van der Waals surface area contributed by atoms with E-state index in [0.717, 1.165) is 43.4 Å². The molecule has 2 fully saturated rings. The minimum atomic E-state index is -0.101. The molecule has 0 aliphatic heterocycles. The van der Waals surface area contributed by atoms with E-state index in [0.29, 0.717) is 5.78 Å². The summed E-state index contributed by atoms with van der Waals surface area (Å²) in [6, 6.07) is 7.65. The molecular weight excluding hydrogens is 290 g/mol. The molecule has 0 aromatic heterocycles. The van der Waals surface area contributed by atoms with E-state index in [2.05, 4.69) is 5.32 Å². The van der Waals surface area contributed by atoms with E-state index in [1.165, 1.54) is 0 Å². The summed E-state index contributed by atoms with van der Waals surface area (Å²) in [5, 5.41) is 3.11. The van der Waals surface area contributed by atoms with Gasteiger partial charge in [-0.05, 0) is 38.7 Å². The monoisotopic (exact) mass is 315 g/mol. The average molecular weight is 315 g/mol. The molecule has 0 unspecified atom stereocenters. The lowest BCUT2D eigenvalue weighted by atomic mass is 9.67. The van der Waals surface area contributed by atoms with Crippen LogP contribution in [0.1, 0.15) is 50.6 Å². The highest BCUT2D eigenvalue weighted by Crippen LogP contribution is 2.40. The second-order valence-electron chi connectivity index (χ2n) is 6.87. The minimum Gasteiger partial charge on any atom is -0.496 e. The zero-order valence-electron chi connectivity index (χ0n) is 13.9. The first-order chi connectivity index (χ1) is 11.1. The molecule has 2 aliphatic carbocycles.